The first-order valence-corrected chi connectivity index (χ1v) is 11.5. The number of rotatable bonds is 11. The Kier molecular flexibility index (Phi) is 8.41. The Balaban J connectivity index is 1.83. The molecule has 0 amide bonds. The number of carbonyl (C=O) groups is 2. The lowest BCUT2D eigenvalue weighted by molar-refractivity contribution is -0.121. The molecule has 178 valence electrons. The maximum Gasteiger partial charge on any atom is 0.166 e. The lowest BCUT2D eigenvalue weighted by Gasteiger charge is -2.17. The molecule has 1 heterocycles. The van der Waals surface area contributed by atoms with Gasteiger partial charge in [-0.25, -0.2) is 0 Å². The van der Waals surface area contributed by atoms with Gasteiger partial charge in [0.2, 0.25) is 0 Å². The van der Waals surface area contributed by atoms with Crippen molar-refractivity contribution in [1.82, 2.24) is 4.98 Å². The van der Waals surface area contributed by atoms with E-state index in [2.05, 4.69) is 4.98 Å². The van der Waals surface area contributed by atoms with E-state index in [4.69, 9.17) is 14.2 Å². The zero-order valence-corrected chi connectivity index (χ0v) is 20.4. The summed E-state index contributed by atoms with van der Waals surface area (Å²) in [5.74, 6) is 1.81. The van der Waals surface area contributed by atoms with Crippen LogP contribution in [0.2, 0.25) is 0 Å². The fourth-order valence-corrected chi connectivity index (χ4v) is 3.48. The number of nitrogens with zero attached hydrogens (tertiary/aromatic N) is 1. The summed E-state index contributed by atoms with van der Waals surface area (Å²) < 4.78 is 17.5. The Morgan fingerprint density at radius 2 is 1.62 bits per heavy atom. The Morgan fingerprint density at radius 3 is 2.21 bits per heavy atom. The van der Waals surface area contributed by atoms with E-state index in [1.54, 1.807) is 33.2 Å². The number of ether oxygens (including phenoxy) is 3. The summed E-state index contributed by atoms with van der Waals surface area (Å²) in [7, 11) is 1.63. The van der Waals surface area contributed by atoms with Gasteiger partial charge in [-0.2, -0.15) is 0 Å². The van der Waals surface area contributed by atoms with Crippen molar-refractivity contribution < 1.29 is 23.8 Å². The summed E-state index contributed by atoms with van der Waals surface area (Å²) in [6.07, 6.45) is 3.99. The molecule has 0 saturated carbocycles. The fourth-order valence-electron chi connectivity index (χ4n) is 3.48. The van der Waals surface area contributed by atoms with E-state index in [1.807, 2.05) is 56.3 Å². The van der Waals surface area contributed by atoms with Gasteiger partial charge < -0.3 is 14.2 Å². The second kappa shape index (κ2) is 11.5. The van der Waals surface area contributed by atoms with Gasteiger partial charge in [0.15, 0.2) is 11.6 Å². The van der Waals surface area contributed by atoms with Crippen molar-refractivity contribution in [1.29, 1.82) is 0 Å². The summed E-state index contributed by atoms with van der Waals surface area (Å²) in [5.41, 5.74) is 2.65. The molecule has 0 atom stereocenters. The van der Waals surface area contributed by atoms with Gasteiger partial charge in [-0.15, -0.1) is 0 Å². The van der Waals surface area contributed by atoms with Crippen molar-refractivity contribution in [3.05, 3.63) is 65.4 Å². The second-order valence-corrected chi connectivity index (χ2v) is 8.13. The third-order valence-corrected chi connectivity index (χ3v) is 5.28. The number of carbonyl (C=O) groups excluding carboxylic acids is 2. The van der Waals surface area contributed by atoms with Crippen LogP contribution in [-0.2, 0) is 16.2 Å². The van der Waals surface area contributed by atoms with Gasteiger partial charge in [-0.3, -0.25) is 14.6 Å². The monoisotopic (exact) mass is 461 g/mol. The molecule has 6 nitrogen and oxygen atoms in total. The number of Topliss-reactive ketones (excluding diaryl/α,β-unsaturated/α-hetero) is 2. The molecule has 1 aromatic heterocycles. The lowest BCUT2D eigenvalue weighted by atomic mass is 10.00. The minimum absolute atomic E-state index is 0.0209. The maximum atomic E-state index is 12.1. The van der Waals surface area contributed by atoms with Crippen LogP contribution in [-0.4, -0.2) is 29.8 Å². The van der Waals surface area contributed by atoms with Crippen molar-refractivity contribution >= 4 is 28.5 Å². The summed E-state index contributed by atoms with van der Waals surface area (Å²) >= 11 is 0. The van der Waals surface area contributed by atoms with Crippen LogP contribution in [0.4, 0.5) is 0 Å². The molecule has 0 saturated heterocycles. The van der Waals surface area contributed by atoms with Crippen molar-refractivity contribution in [3.63, 3.8) is 0 Å². The zero-order valence-electron chi connectivity index (χ0n) is 20.4. The minimum Gasteiger partial charge on any atom is -0.497 e. The van der Waals surface area contributed by atoms with Crippen molar-refractivity contribution in [2.75, 3.05) is 7.11 Å². The van der Waals surface area contributed by atoms with E-state index in [0.29, 0.717) is 18.6 Å². The Bertz CT molecular complexity index is 1180. The number of fused-ring (bicyclic) bond motifs is 1. The summed E-state index contributed by atoms with van der Waals surface area (Å²) in [5, 5.41) is 0.864. The van der Waals surface area contributed by atoms with Crippen LogP contribution in [0.15, 0.2) is 54.2 Å². The molecule has 3 rings (SSSR count). The average Bonchev–Trinajstić information content (AvgIpc) is 2.86. The van der Waals surface area contributed by atoms with Crippen LogP contribution < -0.4 is 14.2 Å². The maximum absolute atomic E-state index is 12.1. The SMILES string of the molecule is CCC(=O)C(=Cc1ccc(OCc2cnc3ccc(OC)cc3c2OC(C)C)cc1)C(=O)CC. The molecule has 0 aliphatic heterocycles. The normalized spacial score (nSPS) is 10.8. The highest BCUT2D eigenvalue weighted by Crippen LogP contribution is 2.33. The lowest BCUT2D eigenvalue weighted by Crippen LogP contribution is -2.11. The third kappa shape index (κ3) is 6.01. The molecule has 0 aliphatic rings. The number of methoxy groups -OCH3 is 1. The standard InChI is InChI=1S/C28H31NO5/c1-6-26(30)24(27(31)7-2)14-19-8-10-21(11-9-19)33-17-20-16-29-25-13-12-22(32-5)15-23(25)28(20)34-18(3)4/h8-16,18H,6-7,17H2,1-5H3. The first-order chi connectivity index (χ1) is 16.4. The summed E-state index contributed by atoms with van der Waals surface area (Å²) in [4.78, 5) is 28.8. The van der Waals surface area contributed by atoms with E-state index >= 15 is 0 Å². The largest absolute Gasteiger partial charge is 0.497 e. The molecule has 0 N–H and O–H groups in total. The van der Waals surface area contributed by atoms with Crippen LogP contribution in [0.5, 0.6) is 17.2 Å². The highest BCUT2D eigenvalue weighted by Gasteiger charge is 2.16. The minimum atomic E-state index is -0.148. The van der Waals surface area contributed by atoms with Crippen LogP contribution in [0.3, 0.4) is 0 Å². The van der Waals surface area contributed by atoms with Crippen LogP contribution in [0.25, 0.3) is 17.0 Å². The molecule has 0 fully saturated rings. The Labute approximate surface area is 200 Å². The summed E-state index contributed by atoms with van der Waals surface area (Å²) in [6, 6.07) is 13.0. The first kappa shape index (κ1) is 25.0. The van der Waals surface area contributed by atoms with Gasteiger partial charge in [0, 0.05) is 24.4 Å². The van der Waals surface area contributed by atoms with Crippen molar-refractivity contribution in [2.45, 2.75) is 53.2 Å². The van der Waals surface area contributed by atoms with Crippen LogP contribution in [0, 0.1) is 0 Å². The van der Waals surface area contributed by atoms with E-state index in [-0.39, 0.29) is 29.9 Å². The molecule has 0 radical (unpaired) electrons. The number of aromatic nitrogens is 1. The van der Waals surface area contributed by atoms with Crippen molar-refractivity contribution in [2.24, 2.45) is 0 Å². The van der Waals surface area contributed by atoms with Gasteiger partial charge in [-0.05, 0) is 55.8 Å². The molecular formula is C28H31NO5. The first-order valence-electron chi connectivity index (χ1n) is 11.5. The fraction of sp³-hybridized carbons (Fsp3) is 0.321. The number of pyridine rings is 1. The molecule has 0 unspecified atom stereocenters. The molecule has 2 aromatic carbocycles. The number of benzene rings is 2. The van der Waals surface area contributed by atoms with Crippen LogP contribution in [0.1, 0.15) is 51.7 Å². The van der Waals surface area contributed by atoms with Crippen LogP contribution >= 0.6 is 0 Å². The highest BCUT2D eigenvalue weighted by atomic mass is 16.5. The van der Waals surface area contributed by atoms with Crippen molar-refractivity contribution in [3.8, 4) is 17.2 Å². The Morgan fingerprint density at radius 1 is 0.971 bits per heavy atom. The Hall–Kier alpha value is -3.67. The predicted molar refractivity (Wildman–Crippen MR) is 133 cm³/mol. The quantitative estimate of drug-likeness (QED) is 0.199. The average molecular weight is 462 g/mol. The predicted octanol–water partition coefficient (Wildman–Crippen LogP) is 5.95. The molecule has 34 heavy (non-hydrogen) atoms. The molecule has 6 heteroatoms. The van der Waals surface area contributed by atoms with E-state index in [0.717, 1.165) is 33.5 Å². The number of allylic oxidation sites excluding steroid dienone is 1. The van der Waals surface area contributed by atoms with Gasteiger partial charge in [0.25, 0.3) is 0 Å². The van der Waals surface area contributed by atoms with E-state index < -0.39 is 0 Å². The highest BCUT2D eigenvalue weighted by molar-refractivity contribution is 6.23. The zero-order chi connectivity index (χ0) is 24.7. The van der Waals surface area contributed by atoms with Gasteiger partial charge in [0.05, 0.1) is 29.9 Å². The van der Waals surface area contributed by atoms with E-state index in [1.165, 1.54) is 0 Å². The molecule has 0 bridgehead atoms. The summed E-state index contributed by atoms with van der Waals surface area (Å²) in [6.45, 7) is 7.73. The molecule has 0 spiro atoms. The topological polar surface area (TPSA) is 74.7 Å². The van der Waals surface area contributed by atoms with Gasteiger partial charge >= 0.3 is 0 Å². The van der Waals surface area contributed by atoms with Gasteiger partial charge in [0.1, 0.15) is 23.9 Å². The number of hydrogen-bond acceptors (Lipinski definition) is 6. The smallest absolute Gasteiger partial charge is 0.166 e. The van der Waals surface area contributed by atoms with E-state index in [9.17, 15) is 9.59 Å². The number of hydrogen-bond donors (Lipinski definition) is 0. The second-order valence-electron chi connectivity index (χ2n) is 8.13. The molecule has 3 aromatic rings. The third-order valence-electron chi connectivity index (χ3n) is 5.28. The molecular weight excluding hydrogens is 430 g/mol. The number of ketones is 2. The van der Waals surface area contributed by atoms with Gasteiger partial charge in [-0.1, -0.05) is 26.0 Å². The molecule has 0 aliphatic carbocycles.